The summed E-state index contributed by atoms with van der Waals surface area (Å²) in [6, 6.07) is 4.61. The van der Waals surface area contributed by atoms with Crippen molar-refractivity contribution in [2.24, 2.45) is 0 Å². The van der Waals surface area contributed by atoms with E-state index in [1.807, 2.05) is 6.92 Å². The Kier molecular flexibility index (Phi) is 4.36. The van der Waals surface area contributed by atoms with Gasteiger partial charge in [0.15, 0.2) is 11.6 Å². The number of nitrogens with zero attached hydrogens (tertiary/aromatic N) is 4. The summed E-state index contributed by atoms with van der Waals surface area (Å²) in [4.78, 5) is 13.5. The smallest absolute Gasteiger partial charge is 0.236 e. The molecule has 0 spiro atoms. The zero-order chi connectivity index (χ0) is 15.4. The Morgan fingerprint density at radius 2 is 1.86 bits per heavy atom. The largest absolute Gasteiger partial charge is 0.494 e. The summed E-state index contributed by atoms with van der Waals surface area (Å²) in [5.74, 6) is 0.0302. The maximum absolute atomic E-state index is 13.9. The van der Waals surface area contributed by atoms with Gasteiger partial charge in [-0.1, -0.05) is 6.92 Å². The van der Waals surface area contributed by atoms with E-state index < -0.39 is 5.82 Å². The second-order valence-electron chi connectivity index (χ2n) is 4.32. The topological polar surface area (TPSA) is 103 Å². The molecule has 1 aromatic heterocycles. The minimum absolute atomic E-state index is 0.0209. The maximum atomic E-state index is 13.9. The number of rotatable bonds is 5. The quantitative estimate of drug-likeness (QED) is 0.864. The number of ether oxygens (including phenoxy) is 1. The Hall–Kier alpha value is -2.64. The molecular formula is C13H17FN6O. The van der Waals surface area contributed by atoms with Gasteiger partial charge in [0.2, 0.25) is 17.8 Å². The van der Waals surface area contributed by atoms with E-state index in [9.17, 15) is 4.39 Å². The van der Waals surface area contributed by atoms with Crippen LogP contribution in [-0.4, -0.2) is 28.6 Å². The van der Waals surface area contributed by atoms with Gasteiger partial charge in [-0.05, 0) is 18.6 Å². The van der Waals surface area contributed by atoms with E-state index in [4.69, 9.17) is 16.2 Å². The van der Waals surface area contributed by atoms with Gasteiger partial charge in [-0.15, -0.1) is 0 Å². The molecule has 0 amide bonds. The van der Waals surface area contributed by atoms with Crippen LogP contribution in [0.5, 0.6) is 5.75 Å². The summed E-state index contributed by atoms with van der Waals surface area (Å²) in [5, 5.41) is 0. The maximum Gasteiger partial charge on any atom is 0.236 e. The fourth-order valence-electron chi connectivity index (χ4n) is 1.91. The summed E-state index contributed by atoms with van der Waals surface area (Å²) in [6.07, 6.45) is 0.805. The molecule has 0 aliphatic carbocycles. The number of halogens is 1. The van der Waals surface area contributed by atoms with Gasteiger partial charge in [0.25, 0.3) is 0 Å². The second kappa shape index (κ2) is 6.21. The number of benzene rings is 1. The van der Waals surface area contributed by atoms with Crippen molar-refractivity contribution >= 4 is 23.5 Å². The van der Waals surface area contributed by atoms with E-state index in [0.29, 0.717) is 12.2 Å². The molecule has 21 heavy (non-hydrogen) atoms. The highest BCUT2D eigenvalue weighted by Crippen LogP contribution is 2.28. The molecule has 0 unspecified atom stereocenters. The van der Waals surface area contributed by atoms with Crippen molar-refractivity contribution in [1.82, 2.24) is 15.0 Å². The van der Waals surface area contributed by atoms with Gasteiger partial charge in [-0.25, -0.2) is 4.39 Å². The number of nitrogen functional groups attached to an aromatic ring is 2. The number of methoxy groups -OCH3 is 1. The van der Waals surface area contributed by atoms with Crippen molar-refractivity contribution in [3.05, 3.63) is 24.0 Å². The summed E-state index contributed by atoms with van der Waals surface area (Å²) in [6.45, 7) is 2.56. The Bertz CT molecular complexity index is 616. The Labute approximate surface area is 121 Å². The van der Waals surface area contributed by atoms with E-state index in [-0.39, 0.29) is 23.6 Å². The minimum atomic E-state index is -0.467. The van der Waals surface area contributed by atoms with Crippen LogP contribution in [0.25, 0.3) is 0 Å². The number of aromatic nitrogens is 3. The lowest BCUT2D eigenvalue weighted by atomic mass is 10.2. The van der Waals surface area contributed by atoms with Crippen LogP contribution in [0.2, 0.25) is 0 Å². The van der Waals surface area contributed by atoms with Crippen LogP contribution in [0, 0.1) is 5.82 Å². The lowest BCUT2D eigenvalue weighted by Crippen LogP contribution is -2.22. The van der Waals surface area contributed by atoms with E-state index >= 15 is 0 Å². The van der Waals surface area contributed by atoms with E-state index in [1.165, 1.54) is 13.2 Å². The average Bonchev–Trinajstić information content (AvgIpc) is 2.43. The molecule has 0 radical (unpaired) electrons. The Morgan fingerprint density at radius 1 is 1.19 bits per heavy atom. The fourth-order valence-corrected chi connectivity index (χ4v) is 1.91. The molecule has 0 aliphatic rings. The first-order valence-corrected chi connectivity index (χ1v) is 6.43. The predicted octanol–water partition coefficient (Wildman–Crippen LogP) is 1.73. The highest BCUT2D eigenvalue weighted by atomic mass is 19.1. The molecule has 2 aromatic rings. The molecule has 0 fully saturated rings. The Balaban J connectivity index is 2.45. The van der Waals surface area contributed by atoms with Crippen LogP contribution in [0.3, 0.4) is 0 Å². The fraction of sp³-hybridized carbons (Fsp3) is 0.308. The van der Waals surface area contributed by atoms with Gasteiger partial charge < -0.3 is 21.1 Å². The van der Waals surface area contributed by atoms with Crippen molar-refractivity contribution in [3.63, 3.8) is 0 Å². The number of anilines is 4. The first kappa shape index (κ1) is 14.8. The summed E-state index contributed by atoms with van der Waals surface area (Å²) >= 11 is 0. The molecule has 4 N–H and O–H groups in total. The van der Waals surface area contributed by atoms with Crippen LogP contribution in [0.4, 0.5) is 27.9 Å². The van der Waals surface area contributed by atoms with E-state index in [0.717, 1.165) is 6.42 Å². The van der Waals surface area contributed by atoms with E-state index in [1.54, 1.807) is 17.0 Å². The predicted molar refractivity (Wildman–Crippen MR) is 78.9 cm³/mol. The Morgan fingerprint density at radius 3 is 2.38 bits per heavy atom. The van der Waals surface area contributed by atoms with Crippen molar-refractivity contribution < 1.29 is 9.13 Å². The molecule has 0 saturated carbocycles. The molecule has 0 aliphatic heterocycles. The average molecular weight is 292 g/mol. The SMILES string of the molecule is CCCN(c1ccc(OC)c(F)c1)c1nc(N)nc(N)n1. The third-order valence-corrected chi connectivity index (χ3v) is 2.79. The molecule has 0 bridgehead atoms. The van der Waals surface area contributed by atoms with Crippen molar-refractivity contribution in [1.29, 1.82) is 0 Å². The molecule has 7 nitrogen and oxygen atoms in total. The summed E-state index contributed by atoms with van der Waals surface area (Å²) in [7, 11) is 1.41. The zero-order valence-electron chi connectivity index (χ0n) is 11.9. The molecule has 8 heteroatoms. The van der Waals surface area contributed by atoms with Crippen LogP contribution >= 0.6 is 0 Å². The van der Waals surface area contributed by atoms with Gasteiger partial charge in [-0.2, -0.15) is 15.0 Å². The zero-order valence-corrected chi connectivity index (χ0v) is 11.9. The van der Waals surface area contributed by atoms with Gasteiger partial charge in [0.1, 0.15) is 0 Å². The summed E-state index contributed by atoms with van der Waals surface area (Å²) in [5.41, 5.74) is 11.8. The number of hydrogen-bond acceptors (Lipinski definition) is 7. The third kappa shape index (κ3) is 3.28. The highest BCUT2D eigenvalue weighted by molar-refractivity contribution is 5.60. The molecule has 2 rings (SSSR count). The highest BCUT2D eigenvalue weighted by Gasteiger charge is 2.15. The number of nitrogens with two attached hydrogens (primary N) is 2. The molecule has 1 aromatic carbocycles. The van der Waals surface area contributed by atoms with Crippen LogP contribution in [0.15, 0.2) is 18.2 Å². The van der Waals surface area contributed by atoms with Crippen LogP contribution < -0.4 is 21.1 Å². The van der Waals surface area contributed by atoms with Crippen LogP contribution in [0.1, 0.15) is 13.3 Å². The second-order valence-corrected chi connectivity index (χ2v) is 4.32. The van der Waals surface area contributed by atoms with Crippen LogP contribution in [-0.2, 0) is 0 Å². The summed E-state index contributed by atoms with van der Waals surface area (Å²) < 4.78 is 18.8. The number of hydrogen-bond donors (Lipinski definition) is 2. The molecule has 0 atom stereocenters. The molecule has 1 heterocycles. The molecular weight excluding hydrogens is 275 g/mol. The standard InChI is InChI=1S/C13H17FN6O/c1-3-6-20(13-18-11(15)17-12(16)19-13)8-4-5-10(21-2)9(14)7-8/h4-5,7H,3,6H2,1-2H3,(H4,15,16,17,18,19). The van der Waals surface area contributed by atoms with Gasteiger partial charge in [-0.3, -0.25) is 0 Å². The monoisotopic (exact) mass is 292 g/mol. The lowest BCUT2D eigenvalue weighted by molar-refractivity contribution is 0.386. The van der Waals surface area contributed by atoms with Gasteiger partial charge in [0.05, 0.1) is 7.11 Å². The van der Waals surface area contributed by atoms with Gasteiger partial charge >= 0.3 is 0 Å². The normalized spacial score (nSPS) is 10.4. The van der Waals surface area contributed by atoms with Crippen molar-refractivity contribution in [3.8, 4) is 5.75 Å². The van der Waals surface area contributed by atoms with E-state index in [2.05, 4.69) is 15.0 Å². The molecule has 112 valence electrons. The first-order valence-electron chi connectivity index (χ1n) is 6.43. The first-order chi connectivity index (χ1) is 10.0. The van der Waals surface area contributed by atoms with Crippen molar-refractivity contribution in [2.45, 2.75) is 13.3 Å². The van der Waals surface area contributed by atoms with Crippen molar-refractivity contribution in [2.75, 3.05) is 30.0 Å². The van der Waals surface area contributed by atoms with Gasteiger partial charge in [0, 0.05) is 18.3 Å². The molecule has 0 saturated heterocycles. The minimum Gasteiger partial charge on any atom is -0.494 e. The lowest BCUT2D eigenvalue weighted by Gasteiger charge is -2.22. The third-order valence-electron chi connectivity index (χ3n) is 2.79.